The Hall–Kier alpha value is -4.91. The number of anilines is 4. The van der Waals surface area contributed by atoms with E-state index in [1.54, 1.807) is 12.4 Å². The zero-order valence-corrected chi connectivity index (χ0v) is 24.4. The van der Waals surface area contributed by atoms with Gasteiger partial charge >= 0.3 is 6.03 Å². The van der Waals surface area contributed by atoms with Gasteiger partial charge in [0.15, 0.2) is 0 Å². The molecular formula is C34H35N7O2. The van der Waals surface area contributed by atoms with E-state index in [1.165, 1.54) is 17.2 Å². The van der Waals surface area contributed by atoms with Crippen LogP contribution in [0.4, 0.5) is 27.8 Å². The number of hydrogen-bond acceptors (Lipinski definition) is 7. The summed E-state index contributed by atoms with van der Waals surface area (Å²) in [5, 5.41) is 7.61. The van der Waals surface area contributed by atoms with Gasteiger partial charge in [-0.2, -0.15) is 5.06 Å². The fraction of sp³-hybridized carbons (Fsp3) is 0.265. The summed E-state index contributed by atoms with van der Waals surface area (Å²) in [5.41, 5.74) is 5.30. The van der Waals surface area contributed by atoms with Crippen molar-refractivity contribution in [3.05, 3.63) is 108 Å². The molecule has 2 aliphatic rings. The molecule has 0 aliphatic carbocycles. The van der Waals surface area contributed by atoms with E-state index in [0.29, 0.717) is 29.8 Å². The van der Waals surface area contributed by atoms with Crippen LogP contribution >= 0.6 is 0 Å². The number of hydroxylamine groups is 2. The first-order valence-corrected chi connectivity index (χ1v) is 14.5. The van der Waals surface area contributed by atoms with Crippen LogP contribution in [0.2, 0.25) is 0 Å². The van der Waals surface area contributed by atoms with Gasteiger partial charge in [0.25, 0.3) is 0 Å². The van der Waals surface area contributed by atoms with E-state index in [2.05, 4.69) is 80.6 Å². The molecule has 0 bridgehead atoms. The normalized spacial score (nSPS) is 17.9. The molecule has 0 saturated carbocycles. The molecule has 0 radical (unpaired) electrons. The summed E-state index contributed by atoms with van der Waals surface area (Å²) in [6.07, 6.45) is 5.33. The molecule has 2 fully saturated rings. The first-order chi connectivity index (χ1) is 21.0. The standard InChI is InChI=1S/C34H35N7O2/c1-39(2)31-17-19-40(24-31)30-15-13-28(14-16-30)37-33-35-22-26(23-36-33)12-11-25-7-6-10-29(21-25)38-34(42)41-32(18-20-43-41)27-8-4-3-5-9-27/h3-10,13-16,21-23,31-32H,17-20,24H2,1-2H3,(H,38,42)(H,35,36,37)/t31-,32-/m0/s1. The molecule has 3 heterocycles. The van der Waals surface area contributed by atoms with Crippen LogP contribution in [0.1, 0.15) is 35.6 Å². The van der Waals surface area contributed by atoms with Crippen LogP contribution in [0.5, 0.6) is 0 Å². The number of likely N-dealkylation sites (N-methyl/N-ethyl adjacent to an activating group) is 1. The molecule has 2 aliphatic heterocycles. The number of rotatable bonds is 6. The Balaban J connectivity index is 1.04. The van der Waals surface area contributed by atoms with E-state index < -0.39 is 0 Å². The second-order valence-electron chi connectivity index (χ2n) is 11.0. The van der Waals surface area contributed by atoms with E-state index in [0.717, 1.165) is 36.3 Å². The van der Waals surface area contributed by atoms with Gasteiger partial charge in [-0.1, -0.05) is 48.2 Å². The van der Waals surface area contributed by atoms with Crippen molar-refractivity contribution in [2.75, 3.05) is 49.3 Å². The predicted octanol–water partition coefficient (Wildman–Crippen LogP) is 5.67. The second kappa shape index (κ2) is 12.9. The van der Waals surface area contributed by atoms with Gasteiger partial charge in [-0.25, -0.2) is 14.8 Å². The number of amides is 2. The van der Waals surface area contributed by atoms with Crippen molar-refractivity contribution in [1.29, 1.82) is 0 Å². The average Bonchev–Trinajstić information content (AvgIpc) is 3.73. The van der Waals surface area contributed by atoms with Crippen molar-refractivity contribution in [1.82, 2.24) is 19.9 Å². The number of urea groups is 1. The van der Waals surface area contributed by atoms with Gasteiger partial charge in [0.1, 0.15) is 0 Å². The average molecular weight is 574 g/mol. The van der Waals surface area contributed by atoms with E-state index in [4.69, 9.17) is 4.84 Å². The number of carbonyl (C=O) groups is 1. The van der Waals surface area contributed by atoms with Crippen LogP contribution in [0.15, 0.2) is 91.3 Å². The Bertz CT molecular complexity index is 1600. The zero-order chi connectivity index (χ0) is 29.6. The topological polar surface area (TPSA) is 85.9 Å². The number of benzene rings is 3. The van der Waals surface area contributed by atoms with Gasteiger partial charge in [0.2, 0.25) is 5.95 Å². The Morgan fingerprint density at radius 3 is 2.42 bits per heavy atom. The highest BCUT2D eigenvalue weighted by Gasteiger charge is 2.31. The molecule has 0 unspecified atom stereocenters. The molecule has 218 valence electrons. The summed E-state index contributed by atoms with van der Waals surface area (Å²) in [6.45, 7) is 2.62. The summed E-state index contributed by atoms with van der Waals surface area (Å²) in [5.74, 6) is 6.75. The SMILES string of the molecule is CN(C)[C@H]1CCN(c2ccc(Nc3ncc(C#Cc4cccc(NC(=O)N5OCC[C@H]5c5ccccc5)c4)cn3)cc2)C1. The lowest BCUT2D eigenvalue weighted by atomic mass is 10.1. The maximum atomic E-state index is 13.0. The van der Waals surface area contributed by atoms with Gasteiger partial charge in [-0.15, -0.1) is 0 Å². The minimum atomic E-state index is -0.309. The Labute approximate surface area is 252 Å². The van der Waals surface area contributed by atoms with Crippen LogP contribution in [-0.4, -0.2) is 65.8 Å². The third-order valence-electron chi connectivity index (χ3n) is 7.79. The molecule has 9 nitrogen and oxygen atoms in total. The molecule has 2 N–H and O–H groups in total. The quantitative estimate of drug-likeness (QED) is 0.288. The van der Waals surface area contributed by atoms with E-state index >= 15 is 0 Å². The van der Waals surface area contributed by atoms with Gasteiger partial charge in [0.05, 0.1) is 18.2 Å². The lowest BCUT2D eigenvalue weighted by Gasteiger charge is -2.23. The molecule has 9 heteroatoms. The first-order valence-electron chi connectivity index (χ1n) is 14.5. The van der Waals surface area contributed by atoms with E-state index in [-0.39, 0.29) is 12.1 Å². The predicted molar refractivity (Wildman–Crippen MR) is 169 cm³/mol. The van der Waals surface area contributed by atoms with Gasteiger partial charge < -0.3 is 20.4 Å². The van der Waals surface area contributed by atoms with Crippen LogP contribution in [0.3, 0.4) is 0 Å². The highest BCUT2D eigenvalue weighted by atomic mass is 16.7. The molecule has 0 spiro atoms. The molecule has 43 heavy (non-hydrogen) atoms. The summed E-state index contributed by atoms with van der Waals surface area (Å²) in [6, 6.07) is 25.9. The summed E-state index contributed by atoms with van der Waals surface area (Å²) < 4.78 is 0. The van der Waals surface area contributed by atoms with E-state index in [9.17, 15) is 4.79 Å². The van der Waals surface area contributed by atoms with Crippen molar-refractivity contribution in [3.8, 4) is 11.8 Å². The second-order valence-corrected chi connectivity index (χ2v) is 11.0. The lowest BCUT2D eigenvalue weighted by molar-refractivity contribution is -0.0829. The van der Waals surface area contributed by atoms with Crippen LogP contribution in [-0.2, 0) is 4.84 Å². The van der Waals surface area contributed by atoms with Crippen molar-refractivity contribution in [3.63, 3.8) is 0 Å². The molecule has 2 saturated heterocycles. The van der Waals surface area contributed by atoms with Crippen LogP contribution < -0.4 is 15.5 Å². The summed E-state index contributed by atoms with van der Waals surface area (Å²) in [4.78, 5) is 32.2. The van der Waals surface area contributed by atoms with Crippen molar-refractivity contribution < 1.29 is 9.63 Å². The minimum Gasteiger partial charge on any atom is -0.370 e. The first kappa shape index (κ1) is 28.2. The van der Waals surface area contributed by atoms with E-state index in [1.807, 2.05) is 54.6 Å². The molecule has 2 amide bonds. The Morgan fingerprint density at radius 1 is 0.907 bits per heavy atom. The van der Waals surface area contributed by atoms with Gasteiger partial charge in [-0.3, -0.25) is 4.84 Å². The maximum Gasteiger partial charge on any atom is 0.346 e. The molecule has 3 aromatic carbocycles. The fourth-order valence-electron chi connectivity index (χ4n) is 5.38. The van der Waals surface area contributed by atoms with Gasteiger partial charge in [-0.05, 0) is 68.5 Å². The maximum absolute atomic E-state index is 13.0. The summed E-state index contributed by atoms with van der Waals surface area (Å²) in [7, 11) is 4.29. The van der Waals surface area contributed by atoms with Crippen molar-refractivity contribution in [2.45, 2.75) is 24.9 Å². The highest BCUT2D eigenvalue weighted by Crippen LogP contribution is 2.31. The third-order valence-corrected chi connectivity index (χ3v) is 7.79. The molecule has 1 aromatic heterocycles. The number of aromatic nitrogens is 2. The minimum absolute atomic E-state index is 0.118. The largest absolute Gasteiger partial charge is 0.370 e. The molecule has 2 atom stereocenters. The Kier molecular flexibility index (Phi) is 8.50. The highest BCUT2D eigenvalue weighted by molar-refractivity contribution is 5.89. The third kappa shape index (κ3) is 6.95. The molecular weight excluding hydrogens is 538 g/mol. The smallest absolute Gasteiger partial charge is 0.346 e. The Morgan fingerprint density at radius 2 is 1.67 bits per heavy atom. The van der Waals surface area contributed by atoms with Gasteiger partial charge in [0, 0.05) is 60.6 Å². The number of nitrogens with zero attached hydrogens (tertiary/aromatic N) is 5. The number of nitrogens with one attached hydrogen (secondary N) is 2. The van der Waals surface area contributed by atoms with Crippen molar-refractivity contribution in [2.24, 2.45) is 0 Å². The number of carbonyl (C=O) groups excluding carboxylic acids is 1. The molecule has 6 rings (SSSR count). The monoisotopic (exact) mass is 573 g/mol. The van der Waals surface area contributed by atoms with Crippen LogP contribution in [0, 0.1) is 11.8 Å². The number of hydrogen-bond donors (Lipinski definition) is 2. The zero-order valence-electron chi connectivity index (χ0n) is 24.4. The summed E-state index contributed by atoms with van der Waals surface area (Å²) >= 11 is 0. The fourth-order valence-corrected chi connectivity index (χ4v) is 5.38. The van der Waals surface area contributed by atoms with Crippen molar-refractivity contribution >= 4 is 29.0 Å². The molecule has 4 aromatic rings. The lowest BCUT2D eigenvalue weighted by Crippen LogP contribution is -2.33. The van der Waals surface area contributed by atoms with Crippen LogP contribution in [0.25, 0.3) is 0 Å².